The van der Waals surface area contributed by atoms with E-state index in [9.17, 15) is 0 Å². The molecule has 1 aromatic heterocycles. The van der Waals surface area contributed by atoms with Crippen molar-refractivity contribution in [3.05, 3.63) is 48.5 Å². The fourth-order valence-electron chi connectivity index (χ4n) is 1.81. The van der Waals surface area contributed by atoms with Gasteiger partial charge in [-0.05, 0) is 24.3 Å². The van der Waals surface area contributed by atoms with Crippen LogP contribution in [-0.4, -0.2) is 17.3 Å². The zero-order chi connectivity index (χ0) is 13.8. The van der Waals surface area contributed by atoms with E-state index in [0.717, 1.165) is 16.9 Å². The zero-order valence-corrected chi connectivity index (χ0v) is 11.6. The van der Waals surface area contributed by atoms with E-state index < -0.39 is 0 Å². The van der Waals surface area contributed by atoms with Crippen LogP contribution >= 0.6 is 11.8 Å². The quantitative estimate of drug-likeness (QED) is 0.441. The summed E-state index contributed by atoms with van der Waals surface area (Å²) in [4.78, 5) is 4.39. The third kappa shape index (κ3) is 2.88. The van der Waals surface area contributed by atoms with Crippen LogP contribution in [0.5, 0.6) is 5.75 Å². The Labute approximate surface area is 120 Å². The van der Waals surface area contributed by atoms with Gasteiger partial charge < -0.3 is 14.9 Å². The smallest absolute Gasteiger partial charge is 0.256 e. The third-order valence-electron chi connectivity index (χ3n) is 2.76. The van der Waals surface area contributed by atoms with Crippen molar-refractivity contribution in [2.24, 2.45) is 0 Å². The number of para-hydroxylation sites is 4. The van der Waals surface area contributed by atoms with Gasteiger partial charge in [-0.25, -0.2) is 4.98 Å². The number of oxazole rings is 1. The molecule has 0 saturated carbocycles. The Kier molecular flexibility index (Phi) is 3.78. The fraction of sp³-hybridized carbons (Fsp3) is 0.133. The Bertz CT molecular complexity index is 679. The van der Waals surface area contributed by atoms with E-state index in [1.807, 2.05) is 48.5 Å². The van der Waals surface area contributed by atoms with Gasteiger partial charge in [0, 0.05) is 5.75 Å². The van der Waals surface area contributed by atoms with Crippen LogP contribution in [-0.2, 0) is 0 Å². The molecule has 1 heterocycles. The molecule has 3 rings (SSSR count). The van der Waals surface area contributed by atoms with E-state index in [2.05, 4.69) is 4.98 Å². The van der Waals surface area contributed by atoms with Gasteiger partial charge in [0.2, 0.25) is 0 Å². The lowest BCUT2D eigenvalue weighted by molar-refractivity contribution is 0.345. The molecule has 102 valence electrons. The van der Waals surface area contributed by atoms with Crippen LogP contribution < -0.4 is 10.5 Å². The number of fused-ring (bicyclic) bond motifs is 1. The predicted octanol–water partition coefficient (Wildman–Crippen LogP) is 3.58. The van der Waals surface area contributed by atoms with Gasteiger partial charge in [0.25, 0.3) is 5.22 Å². The van der Waals surface area contributed by atoms with Gasteiger partial charge in [-0.1, -0.05) is 36.0 Å². The molecule has 20 heavy (non-hydrogen) atoms. The zero-order valence-electron chi connectivity index (χ0n) is 10.8. The minimum atomic E-state index is 0.553. The second kappa shape index (κ2) is 5.88. The monoisotopic (exact) mass is 286 g/mol. The Balaban J connectivity index is 1.54. The van der Waals surface area contributed by atoms with Crippen molar-refractivity contribution < 1.29 is 9.15 Å². The number of nitrogen functional groups attached to an aromatic ring is 1. The molecule has 0 bridgehead atoms. The molecule has 4 nitrogen and oxygen atoms in total. The second-order valence-electron chi connectivity index (χ2n) is 4.18. The molecule has 0 radical (unpaired) electrons. The average Bonchev–Trinajstić information content (AvgIpc) is 2.88. The summed E-state index contributed by atoms with van der Waals surface area (Å²) >= 11 is 1.53. The molecule has 0 spiro atoms. The summed E-state index contributed by atoms with van der Waals surface area (Å²) in [7, 11) is 0. The van der Waals surface area contributed by atoms with Crippen molar-refractivity contribution in [1.29, 1.82) is 0 Å². The molecule has 0 aliphatic carbocycles. The highest BCUT2D eigenvalue weighted by Gasteiger charge is 2.05. The van der Waals surface area contributed by atoms with Crippen LogP contribution in [0.1, 0.15) is 0 Å². The maximum Gasteiger partial charge on any atom is 0.256 e. The van der Waals surface area contributed by atoms with E-state index in [4.69, 9.17) is 14.9 Å². The lowest BCUT2D eigenvalue weighted by Crippen LogP contribution is -2.02. The topological polar surface area (TPSA) is 61.3 Å². The van der Waals surface area contributed by atoms with Gasteiger partial charge in [-0.15, -0.1) is 0 Å². The van der Waals surface area contributed by atoms with Crippen molar-refractivity contribution in [2.45, 2.75) is 5.22 Å². The van der Waals surface area contributed by atoms with Crippen molar-refractivity contribution in [3.63, 3.8) is 0 Å². The maximum absolute atomic E-state index is 5.80. The van der Waals surface area contributed by atoms with E-state index >= 15 is 0 Å². The van der Waals surface area contributed by atoms with Crippen molar-refractivity contribution in [1.82, 2.24) is 4.98 Å². The van der Waals surface area contributed by atoms with Gasteiger partial charge in [-0.3, -0.25) is 0 Å². The minimum Gasteiger partial charge on any atom is -0.491 e. The number of hydrogen-bond donors (Lipinski definition) is 1. The summed E-state index contributed by atoms with van der Waals surface area (Å²) in [5.74, 6) is 1.46. The van der Waals surface area contributed by atoms with Crippen molar-refractivity contribution >= 4 is 28.5 Å². The van der Waals surface area contributed by atoms with Crippen molar-refractivity contribution in [3.8, 4) is 5.75 Å². The number of hydrogen-bond acceptors (Lipinski definition) is 5. The van der Waals surface area contributed by atoms with Crippen LogP contribution in [0.2, 0.25) is 0 Å². The highest BCUT2D eigenvalue weighted by Crippen LogP contribution is 2.24. The van der Waals surface area contributed by atoms with Gasteiger partial charge in [0.15, 0.2) is 5.58 Å². The molecule has 3 aromatic rings. The van der Waals surface area contributed by atoms with Gasteiger partial charge in [0.05, 0.1) is 12.3 Å². The number of rotatable bonds is 5. The Morgan fingerprint density at radius 3 is 2.75 bits per heavy atom. The number of ether oxygens (including phenoxy) is 1. The summed E-state index contributed by atoms with van der Waals surface area (Å²) in [6, 6.07) is 15.2. The minimum absolute atomic E-state index is 0.553. The lowest BCUT2D eigenvalue weighted by atomic mass is 10.3. The SMILES string of the molecule is Nc1ccccc1OCCSc1nc2ccccc2o1. The summed E-state index contributed by atoms with van der Waals surface area (Å²) < 4.78 is 11.2. The number of benzene rings is 2. The molecular formula is C15H14N2O2S. The fourth-order valence-corrected chi connectivity index (χ4v) is 2.46. The van der Waals surface area contributed by atoms with E-state index in [1.54, 1.807) is 0 Å². The normalized spacial score (nSPS) is 10.8. The Morgan fingerprint density at radius 2 is 1.90 bits per heavy atom. The van der Waals surface area contributed by atoms with Crippen LogP contribution in [0.4, 0.5) is 5.69 Å². The Morgan fingerprint density at radius 1 is 1.10 bits per heavy atom. The van der Waals surface area contributed by atoms with Crippen LogP contribution in [0.25, 0.3) is 11.1 Å². The molecule has 0 aliphatic rings. The van der Waals surface area contributed by atoms with Crippen molar-refractivity contribution in [2.75, 3.05) is 18.1 Å². The molecule has 0 fully saturated rings. The van der Waals surface area contributed by atoms with Gasteiger partial charge >= 0.3 is 0 Å². The first-order valence-electron chi connectivity index (χ1n) is 6.28. The first-order valence-corrected chi connectivity index (χ1v) is 7.27. The number of anilines is 1. The number of thioether (sulfide) groups is 1. The van der Waals surface area contributed by atoms with Crippen LogP contribution in [0.3, 0.4) is 0 Å². The number of aromatic nitrogens is 1. The molecule has 5 heteroatoms. The molecule has 0 amide bonds. The molecule has 0 aliphatic heterocycles. The molecule has 0 unspecified atom stereocenters. The summed E-state index contributed by atoms with van der Waals surface area (Å²) in [6.07, 6.45) is 0. The van der Waals surface area contributed by atoms with Gasteiger partial charge in [-0.2, -0.15) is 0 Å². The summed E-state index contributed by atoms with van der Waals surface area (Å²) in [6.45, 7) is 0.553. The predicted molar refractivity (Wildman–Crippen MR) is 81.1 cm³/mol. The largest absolute Gasteiger partial charge is 0.491 e. The first-order chi connectivity index (χ1) is 9.83. The van der Waals surface area contributed by atoms with Gasteiger partial charge in [0.1, 0.15) is 11.3 Å². The molecule has 2 N–H and O–H groups in total. The lowest BCUT2D eigenvalue weighted by Gasteiger charge is -2.07. The number of nitrogens with two attached hydrogens (primary N) is 1. The molecule has 0 saturated heterocycles. The highest BCUT2D eigenvalue weighted by molar-refractivity contribution is 7.99. The Hall–Kier alpha value is -2.14. The van der Waals surface area contributed by atoms with E-state index in [1.165, 1.54) is 11.8 Å². The van der Waals surface area contributed by atoms with Crippen LogP contribution in [0.15, 0.2) is 58.2 Å². The maximum atomic E-state index is 5.80. The molecule has 0 atom stereocenters. The summed E-state index contributed by atoms with van der Waals surface area (Å²) in [5.41, 5.74) is 8.14. The standard InChI is InChI=1S/C15H14N2O2S/c16-11-5-1-3-7-13(11)18-9-10-20-15-17-12-6-2-4-8-14(12)19-15/h1-8H,9-10,16H2. The summed E-state index contributed by atoms with van der Waals surface area (Å²) in [5, 5.41) is 0.663. The third-order valence-corrected chi connectivity index (χ3v) is 3.55. The highest BCUT2D eigenvalue weighted by atomic mass is 32.2. The van der Waals surface area contributed by atoms with E-state index in [0.29, 0.717) is 23.3 Å². The molecular weight excluding hydrogens is 272 g/mol. The van der Waals surface area contributed by atoms with E-state index in [-0.39, 0.29) is 0 Å². The van der Waals surface area contributed by atoms with Crippen LogP contribution in [0, 0.1) is 0 Å². The average molecular weight is 286 g/mol. The second-order valence-corrected chi connectivity index (χ2v) is 5.23. The molecule has 2 aromatic carbocycles. The first kappa shape index (κ1) is 12.9. The number of nitrogens with zero attached hydrogens (tertiary/aromatic N) is 1.